The summed E-state index contributed by atoms with van der Waals surface area (Å²) in [6.07, 6.45) is -3.92. The normalized spacial score (nSPS) is 9.41. The highest BCUT2D eigenvalue weighted by atomic mass is 19.4. The summed E-state index contributed by atoms with van der Waals surface area (Å²) in [7, 11) is 0. The molecule has 17 heavy (non-hydrogen) atoms. The van der Waals surface area contributed by atoms with Crippen molar-refractivity contribution in [3.63, 3.8) is 0 Å². The fraction of sp³-hybridized carbons (Fsp3) is 0.538. The molecule has 1 nitrogen and oxygen atoms in total. The van der Waals surface area contributed by atoms with E-state index in [2.05, 4.69) is 4.74 Å². The lowest BCUT2D eigenvalue weighted by Gasteiger charge is -2.09. The molecule has 0 saturated carbocycles. The minimum atomic E-state index is -4.60. The average molecular weight is 250 g/mol. The third-order valence-electron chi connectivity index (χ3n) is 1.54. The monoisotopic (exact) mass is 250 g/mol. The molecule has 0 aromatic heterocycles. The molecule has 4 heteroatoms. The summed E-state index contributed by atoms with van der Waals surface area (Å²) in [5, 5.41) is 0. The zero-order chi connectivity index (χ0) is 13.9. The van der Waals surface area contributed by atoms with Gasteiger partial charge in [0.15, 0.2) is 0 Å². The van der Waals surface area contributed by atoms with Crippen LogP contribution in [0, 0.1) is 0 Å². The number of hydrogen-bond donors (Lipinski definition) is 0. The molecule has 0 spiro atoms. The second-order valence-corrected chi connectivity index (χ2v) is 2.55. The van der Waals surface area contributed by atoms with E-state index in [-0.39, 0.29) is 5.75 Å². The van der Waals surface area contributed by atoms with Crippen molar-refractivity contribution in [1.82, 2.24) is 0 Å². The first-order valence-corrected chi connectivity index (χ1v) is 5.86. The highest BCUT2D eigenvalue weighted by molar-refractivity contribution is 5.28. The second kappa shape index (κ2) is 10.00. The van der Waals surface area contributed by atoms with E-state index in [0.29, 0.717) is 6.42 Å². The minimum Gasteiger partial charge on any atom is -0.406 e. The van der Waals surface area contributed by atoms with Crippen LogP contribution >= 0.6 is 0 Å². The van der Waals surface area contributed by atoms with Crippen LogP contribution in [-0.4, -0.2) is 6.36 Å². The molecule has 1 aromatic carbocycles. The summed E-state index contributed by atoms with van der Waals surface area (Å²) in [4.78, 5) is 0. The van der Waals surface area contributed by atoms with Crippen molar-refractivity contribution in [3.05, 3.63) is 29.8 Å². The van der Waals surface area contributed by atoms with Gasteiger partial charge >= 0.3 is 6.36 Å². The summed E-state index contributed by atoms with van der Waals surface area (Å²) < 4.78 is 39.0. The quantitative estimate of drug-likeness (QED) is 0.701. The zero-order valence-corrected chi connectivity index (χ0v) is 11.1. The van der Waals surface area contributed by atoms with Crippen LogP contribution < -0.4 is 4.74 Å². The van der Waals surface area contributed by atoms with Crippen molar-refractivity contribution in [2.45, 2.75) is 47.4 Å². The number of hydrogen-bond acceptors (Lipinski definition) is 1. The number of alkyl halides is 3. The molecule has 0 aliphatic rings. The van der Waals surface area contributed by atoms with Crippen LogP contribution in [0.2, 0.25) is 0 Å². The Labute approximate surface area is 102 Å². The van der Waals surface area contributed by atoms with Gasteiger partial charge in [0.1, 0.15) is 5.75 Å². The lowest BCUT2D eigenvalue weighted by Crippen LogP contribution is -2.17. The standard InChI is InChI=1S/C9H9F3O.2C2H6/c1-2-7-4-3-5-8(6-7)13-9(10,11)12;2*1-2/h3-6H,2H2,1H3;2*1-2H3. The summed E-state index contributed by atoms with van der Waals surface area (Å²) in [6.45, 7) is 9.87. The molecule has 1 aromatic rings. The van der Waals surface area contributed by atoms with E-state index in [0.717, 1.165) is 5.56 Å². The van der Waals surface area contributed by atoms with Crippen molar-refractivity contribution in [3.8, 4) is 5.75 Å². The zero-order valence-electron chi connectivity index (χ0n) is 11.1. The number of rotatable bonds is 2. The second-order valence-electron chi connectivity index (χ2n) is 2.55. The molecule has 0 atom stereocenters. The van der Waals surface area contributed by atoms with Gasteiger partial charge in [0.25, 0.3) is 0 Å². The Kier molecular flexibility index (Phi) is 10.7. The van der Waals surface area contributed by atoms with Gasteiger partial charge in [0.05, 0.1) is 0 Å². The molecular weight excluding hydrogens is 229 g/mol. The van der Waals surface area contributed by atoms with E-state index >= 15 is 0 Å². The third kappa shape index (κ3) is 9.72. The van der Waals surface area contributed by atoms with E-state index in [9.17, 15) is 13.2 Å². The van der Waals surface area contributed by atoms with E-state index in [1.807, 2.05) is 34.6 Å². The fourth-order valence-electron chi connectivity index (χ4n) is 0.963. The smallest absolute Gasteiger partial charge is 0.406 e. The van der Waals surface area contributed by atoms with E-state index in [4.69, 9.17) is 0 Å². The molecule has 0 aliphatic heterocycles. The van der Waals surface area contributed by atoms with Gasteiger partial charge in [0, 0.05) is 0 Å². The van der Waals surface area contributed by atoms with Crippen molar-refractivity contribution in [2.75, 3.05) is 0 Å². The fourth-order valence-corrected chi connectivity index (χ4v) is 0.963. The van der Waals surface area contributed by atoms with E-state index in [1.165, 1.54) is 12.1 Å². The van der Waals surface area contributed by atoms with Crippen molar-refractivity contribution in [1.29, 1.82) is 0 Å². The average Bonchev–Trinajstić information content (AvgIpc) is 2.32. The molecule has 0 fully saturated rings. The summed E-state index contributed by atoms with van der Waals surface area (Å²) >= 11 is 0. The summed E-state index contributed by atoms with van der Waals surface area (Å²) in [6, 6.07) is 5.96. The summed E-state index contributed by atoms with van der Waals surface area (Å²) in [5.74, 6) is -0.160. The van der Waals surface area contributed by atoms with Gasteiger partial charge in [-0.3, -0.25) is 0 Å². The molecule has 0 saturated heterocycles. The Bertz CT molecular complexity index is 282. The van der Waals surface area contributed by atoms with Gasteiger partial charge < -0.3 is 4.74 Å². The Morgan fingerprint density at radius 2 is 1.59 bits per heavy atom. The van der Waals surface area contributed by atoms with Gasteiger partial charge in [0.2, 0.25) is 0 Å². The van der Waals surface area contributed by atoms with Crippen LogP contribution in [0.4, 0.5) is 13.2 Å². The van der Waals surface area contributed by atoms with Crippen LogP contribution in [0.1, 0.15) is 40.2 Å². The van der Waals surface area contributed by atoms with E-state index < -0.39 is 6.36 Å². The van der Waals surface area contributed by atoms with E-state index in [1.54, 1.807) is 12.1 Å². The maximum Gasteiger partial charge on any atom is 0.573 e. The summed E-state index contributed by atoms with van der Waals surface area (Å²) in [5.41, 5.74) is 0.821. The molecule has 1 rings (SSSR count). The van der Waals surface area contributed by atoms with Crippen LogP contribution in [0.5, 0.6) is 5.75 Å². The Morgan fingerprint density at radius 3 is 2.00 bits per heavy atom. The highest BCUT2D eigenvalue weighted by Crippen LogP contribution is 2.23. The van der Waals surface area contributed by atoms with Crippen molar-refractivity contribution in [2.24, 2.45) is 0 Å². The molecular formula is C13H21F3O. The van der Waals surface area contributed by atoms with Crippen molar-refractivity contribution >= 4 is 0 Å². The molecule has 100 valence electrons. The topological polar surface area (TPSA) is 9.23 Å². The number of aryl methyl sites for hydroxylation is 1. The number of ether oxygens (including phenoxy) is 1. The largest absolute Gasteiger partial charge is 0.573 e. The predicted molar refractivity (Wildman–Crippen MR) is 65.2 cm³/mol. The maximum absolute atomic E-state index is 11.8. The predicted octanol–water partition coefficient (Wildman–Crippen LogP) is 5.20. The maximum atomic E-state index is 11.8. The van der Waals surface area contributed by atoms with Crippen LogP contribution in [-0.2, 0) is 6.42 Å². The third-order valence-corrected chi connectivity index (χ3v) is 1.54. The van der Waals surface area contributed by atoms with Crippen LogP contribution in [0.25, 0.3) is 0 Å². The SMILES string of the molecule is CC.CC.CCc1cccc(OC(F)(F)F)c1. The first-order chi connectivity index (χ1) is 8.01. The van der Waals surface area contributed by atoms with Crippen LogP contribution in [0.3, 0.4) is 0 Å². The van der Waals surface area contributed by atoms with Gasteiger partial charge in [-0.2, -0.15) is 0 Å². The molecule has 0 heterocycles. The van der Waals surface area contributed by atoms with Crippen molar-refractivity contribution < 1.29 is 17.9 Å². The van der Waals surface area contributed by atoms with Gasteiger partial charge in [-0.1, -0.05) is 46.8 Å². The Balaban J connectivity index is 0. The van der Waals surface area contributed by atoms with Gasteiger partial charge in [-0.05, 0) is 24.1 Å². The lowest BCUT2D eigenvalue weighted by atomic mass is 10.2. The van der Waals surface area contributed by atoms with Gasteiger partial charge in [-0.15, -0.1) is 13.2 Å². The molecule has 0 amide bonds. The molecule has 0 N–H and O–H groups in total. The highest BCUT2D eigenvalue weighted by Gasteiger charge is 2.30. The minimum absolute atomic E-state index is 0.160. The Hall–Kier alpha value is -1.19. The molecule has 0 bridgehead atoms. The number of halogens is 3. The number of benzene rings is 1. The van der Waals surface area contributed by atoms with Crippen LogP contribution in [0.15, 0.2) is 24.3 Å². The molecule has 0 radical (unpaired) electrons. The Morgan fingerprint density at radius 1 is 1.06 bits per heavy atom. The molecule has 0 aliphatic carbocycles. The first kappa shape index (κ1) is 18.2. The van der Waals surface area contributed by atoms with Gasteiger partial charge in [-0.25, -0.2) is 0 Å². The lowest BCUT2D eigenvalue weighted by molar-refractivity contribution is -0.274. The molecule has 0 unspecified atom stereocenters. The first-order valence-electron chi connectivity index (χ1n) is 5.86.